The number of carbonyl (C=O) groups excluding carboxylic acids is 2. The second-order valence-corrected chi connectivity index (χ2v) is 19.5. The van der Waals surface area contributed by atoms with Crippen molar-refractivity contribution in [1.82, 2.24) is 0 Å². The molecule has 0 bridgehead atoms. The molecule has 388 valence electrons. The minimum absolute atomic E-state index is 0.0277. The zero-order valence-electron chi connectivity index (χ0n) is 44.1. The molecule has 0 aromatic heterocycles. The SMILES string of the molecule is CC/C=C\C/C=C\C/C=C\C/C=C\C/C=C\CC(=O)OC(COC(=O)CCCCCCCCCCCCCCCCCCCCCCCCCCCCC)COC(OCC[N+](C)(C)C)C(=O)O. The number of unbranched alkanes of at least 4 members (excludes halogenated alkanes) is 26. The third kappa shape index (κ3) is 50.7. The summed E-state index contributed by atoms with van der Waals surface area (Å²) < 4.78 is 22.7. The van der Waals surface area contributed by atoms with Gasteiger partial charge in [-0.05, 0) is 38.5 Å². The summed E-state index contributed by atoms with van der Waals surface area (Å²) in [5.74, 6) is -2.17. The first-order chi connectivity index (χ1) is 32.6. The van der Waals surface area contributed by atoms with Gasteiger partial charge in [-0.15, -0.1) is 0 Å². The summed E-state index contributed by atoms with van der Waals surface area (Å²) >= 11 is 0. The number of aliphatic carboxylic acids is 1. The minimum Gasteiger partial charge on any atom is -0.477 e. The van der Waals surface area contributed by atoms with E-state index in [9.17, 15) is 19.5 Å². The van der Waals surface area contributed by atoms with Gasteiger partial charge >= 0.3 is 17.9 Å². The van der Waals surface area contributed by atoms with Crippen LogP contribution in [-0.2, 0) is 33.3 Å². The van der Waals surface area contributed by atoms with E-state index in [0.717, 1.165) is 44.9 Å². The van der Waals surface area contributed by atoms with E-state index < -0.39 is 24.3 Å². The third-order valence-corrected chi connectivity index (χ3v) is 11.8. The molecule has 0 aliphatic rings. The van der Waals surface area contributed by atoms with Crippen molar-refractivity contribution in [2.24, 2.45) is 0 Å². The standard InChI is InChI=1S/C58H103NO8/c1-6-8-10-12-14-16-18-20-22-23-24-25-26-27-28-29-30-31-32-33-35-36-38-40-42-44-46-48-55(60)65-52-54(53-66-58(57(62)63)64-51-50-59(3,4)5)67-56(61)49-47-45-43-41-39-37-34-21-19-17-15-13-11-9-7-2/h9,11,15,17,21,34,39,41,45,47,54,58H,6-8,10,12-14,16,18-20,22-33,35-38,40,42-44,46,48-53H2,1-5H3/p+1/b11-9-,17-15-,34-21-,41-39-,47-45-. The highest BCUT2D eigenvalue weighted by Gasteiger charge is 2.25. The number of likely N-dealkylation sites (N-methyl/N-ethyl adjacent to an activating group) is 1. The Bertz CT molecular complexity index is 1280. The van der Waals surface area contributed by atoms with Gasteiger partial charge in [0, 0.05) is 6.42 Å². The molecule has 0 saturated carbocycles. The zero-order chi connectivity index (χ0) is 49.2. The first-order valence-electron chi connectivity index (χ1n) is 27.5. The molecule has 2 unspecified atom stereocenters. The quantitative estimate of drug-likeness (QED) is 0.0211. The van der Waals surface area contributed by atoms with Crippen molar-refractivity contribution >= 4 is 17.9 Å². The lowest BCUT2D eigenvalue weighted by Crippen LogP contribution is -2.40. The van der Waals surface area contributed by atoms with Crippen LogP contribution in [0.1, 0.15) is 232 Å². The highest BCUT2D eigenvalue weighted by atomic mass is 16.7. The number of carbonyl (C=O) groups is 3. The lowest BCUT2D eigenvalue weighted by molar-refractivity contribution is -0.870. The van der Waals surface area contributed by atoms with Gasteiger partial charge in [0.25, 0.3) is 6.29 Å². The molecule has 0 amide bonds. The highest BCUT2D eigenvalue weighted by molar-refractivity contribution is 5.72. The number of hydrogen-bond donors (Lipinski definition) is 1. The molecule has 0 rings (SSSR count). The Morgan fingerprint density at radius 1 is 0.463 bits per heavy atom. The molecule has 9 heteroatoms. The van der Waals surface area contributed by atoms with Crippen molar-refractivity contribution < 1.29 is 42.9 Å². The van der Waals surface area contributed by atoms with Gasteiger partial charge in [-0.25, -0.2) is 4.79 Å². The smallest absolute Gasteiger partial charge is 0.361 e. The van der Waals surface area contributed by atoms with E-state index in [1.807, 2.05) is 33.3 Å². The molecular formula is C58H104NO8+. The van der Waals surface area contributed by atoms with Crippen molar-refractivity contribution in [2.75, 3.05) is 47.5 Å². The second-order valence-electron chi connectivity index (χ2n) is 19.5. The number of quaternary nitrogens is 1. The van der Waals surface area contributed by atoms with Crippen molar-refractivity contribution in [1.29, 1.82) is 0 Å². The van der Waals surface area contributed by atoms with E-state index in [1.165, 1.54) is 154 Å². The van der Waals surface area contributed by atoms with Crippen LogP contribution in [0.15, 0.2) is 60.8 Å². The van der Waals surface area contributed by atoms with Crippen LogP contribution < -0.4 is 0 Å². The van der Waals surface area contributed by atoms with Crippen LogP contribution in [0.5, 0.6) is 0 Å². The molecule has 0 aromatic rings. The van der Waals surface area contributed by atoms with E-state index in [-0.39, 0.29) is 38.6 Å². The van der Waals surface area contributed by atoms with E-state index in [4.69, 9.17) is 18.9 Å². The summed E-state index contributed by atoms with van der Waals surface area (Å²) in [5.41, 5.74) is 0. The van der Waals surface area contributed by atoms with Crippen molar-refractivity contribution in [3.8, 4) is 0 Å². The summed E-state index contributed by atoms with van der Waals surface area (Å²) in [7, 11) is 5.93. The molecular weight excluding hydrogens is 839 g/mol. The molecule has 0 fully saturated rings. The van der Waals surface area contributed by atoms with Crippen LogP contribution >= 0.6 is 0 Å². The lowest BCUT2D eigenvalue weighted by Gasteiger charge is -2.25. The number of carboxylic acid groups (broad SMARTS) is 1. The average Bonchev–Trinajstić information content (AvgIpc) is 3.29. The fourth-order valence-corrected chi connectivity index (χ4v) is 7.62. The normalized spacial score (nSPS) is 13.3. The van der Waals surface area contributed by atoms with Crippen LogP contribution in [0.3, 0.4) is 0 Å². The van der Waals surface area contributed by atoms with Gasteiger partial charge < -0.3 is 28.5 Å². The fraction of sp³-hybridized carbons (Fsp3) is 0.776. The molecule has 0 radical (unpaired) electrons. The summed E-state index contributed by atoms with van der Waals surface area (Å²) in [6.07, 6.45) is 59.2. The zero-order valence-corrected chi connectivity index (χ0v) is 44.1. The maximum atomic E-state index is 12.7. The first kappa shape index (κ1) is 64.0. The number of rotatable bonds is 50. The van der Waals surface area contributed by atoms with Crippen LogP contribution in [0.2, 0.25) is 0 Å². The summed E-state index contributed by atoms with van der Waals surface area (Å²) in [4.78, 5) is 37.2. The Balaban J connectivity index is 4.23. The predicted octanol–water partition coefficient (Wildman–Crippen LogP) is 15.7. The predicted molar refractivity (Wildman–Crippen MR) is 281 cm³/mol. The molecule has 9 nitrogen and oxygen atoms in total. The monoisotopic (exact) mass is 943 g/mol. The van der Waals surface area contributed by atoms with Crippen LogP contribution in [0.25, 0.3) is 0 Å². The largest absolute Gasteiger partial charge is 0.477 e. The Hall–Kier alpha value is -3.01. The maximum absolute atomic E-state index is 12.7. The molecule has 0 aromatic carbocycles. The Morgan fingerprint density at radius 2 is 0.836 bits per heavy atom. The lowest BCUT2D eigenvalue weighted by atomic mass is 10.0. The van der Waals surface area contributed by atoms with E-state index in [1.54, 1.807) is 6.08 Å². The van der Waals surface area contributed by atoms with Crippen LogP contribution in [-0.4, -0.2) is 87.4 Å². The number of ether oxygens (including phenoxy) is 4. The van der Waals surface area contributed by atoms with Crippen LogP contribution in [0, 0.1) is 0 Å². The topological polar surface area (TPSA) is 108 Å². The maximum Gasteiger partial charge on any atom is 0.361 e. The van der Waals surface area contributed by atoms with Crippen molar-refractivity contribution in [2.45, 2.75) is 245 Å². The fourth-order valence-electron chi connectivity index (χ4n) is 7.62. The Kier molecular flexibility index (Phi) is 47.2. The Morgan fingerprint density at radius 3 is 1.21 bits per heavy atom. The van der Waals surface area contributed by atoms with Gasteiger partial charge in [0.1, 0.15) is 13.2 Å². The van der Waals surface area contributed by atoms with E-state index >= 15 is 0 Å². The number of carboxylic acids is 1. The van der Waals surface area contributed by atoms with Gasteiger partial charge in [-0.1, -0.05) is 242 Å². The van der Waals surface area contributed by atoms with Gasteiger partial charge in [0.2, 0.25) is 0 Å². The molecule has 0 aliphatic heterocycles. The van der Waals surface area contributed by atoms with Gasteiger partial charge in [-0.3, -0.25) is 9.59 Å². The third-order valence-electron chi connectivity index (χ3n) is 11.8. The second kappa shape index (κ2) is 49.4. The van der Waals surface area contributed by atoms with Gasteiger partial charge in [0.05, 0.1) is 40.8 Å². The molecule has 1 N–H and O–H groups in total. The number of allylic oxidation sites excluding steroid dienone is 9. The molecule has 67 heavy (non-hydrogen) atoms. The van der Waals surface area contributed by atoms with E-state index in [2.05, 4.69) is 56.4 Å². The molecule has 0 heterocycles. The first-order valence-corrected chi connectivity index (χ1v) is 27.5. The van der Waals surface area contributed by atoms with Crippen molar-refractivity contribution in [3.63, 3.8) is 0 Å². The van der Waals surface area contributed by atoms with Gasteiger partial charge in [0.15, 0.2) is 6.10 Å². The molecule has 0 saturated heterocycles. The summed E-state index contributed by atoms with van der Waals surface area (Å²) in [5, 5.41) is 9.66. The minimum atomic E-state index is -1.53. The van der Waals surface area contributed by atoms with Gasteiger partial charge in [-0.2, -0.15) is 0 Å². The summed E-state index contributed by atoms with van der Waals surface area (Å²) in [6, 6.07) is 0. The number of nitrogens with zero attached hydrogens (tertiary/aromatic N) is 1. The highest BCUT2D eigenvalue weighted by Crippen LogP contribution is 2.17. The molecule has 0 spiro atoms. The number of esters is 2. The van der Waals surface area contributed by atoms with Crippen molar-refractivity contribution in [3.05, 3.63) is 60.8 Å². The average molecular weight is 943 g/mol. The number of hydrogen-bond acceptors (Lipinski definition) is 7. The molecule has 0 aliphatic carbocycles. The van der Waals surface area contributed by atoms with E-state index in [0.29, 0.717) is 17.4 Å². The molecule has 2 atom stereocenters. The Labute approximate surface area is 412 Å². The van der Waals surface area contributed by atoms with Crippen LogP contribution in [0.4, 0.5) is 0 Å². The summed E-state index contributed by atoms with van der Waals surface area (Å²) in [6.45, 7) is 4.67.